The summed E-state index contributed by atoms with van der Waals surface area (Å²) in [6.07, 6.45) is 0. The second kappa shape index (κ2) is 4.34. The minimum atomic E-state index is -0.225. The van der Waals surface area contributed by atoms with Gasteiger partial charge in [0.2, 0.25) is 5.91 Å². The van der Waals surface area contributed by atoms with Crippen molar-refractivity contribution in [3.63, 3.8) is 0 Å². The highest BCUT2D eigenvalue weighted by molar-refractivity contribution is 5.76. The van der Waals surface area contributed by atoms with E-state index in [0.717, 1.165) is 6.54 Å². The Morgan fingerprint density at radius 3 is 2.18 bits per heavy atom. The van der Waals surface area contributed by atoms with Gasteiger partial charge in [-0.25, -0.2) is 0 Å². The van der Waals surface area contributed by atoms with E-state index in [9.17, 15) is 4.79 Å². The lowest BCUT2D eigenvalue weighted by Crippen LogP contribution is -2.36. The highest BCUT2D eigenvalue weighted by Crippen LogP contribution is 2.00. The maximum absolute atomic E-state index is 10.7. The van der Waals surface area contributed by atoms with Crippen LogP contribution in [0.25, 0.3) is 0 Å². The zero-order valence-electron chi connectivity index (χ0n) is 7.79. The molecule has 0 aromatic carbocycles. The summed E-state index contributed by atoms with van der Waals surface area (Å²) >= 11 is 0. The number of nitrogens with zero attached hydrogens (tertiary/aromatic N) is 1. The van der Waals surface area contributed by atoms with E-state index < -0.39 is 0 Å². The first-order valence-electron chi connectivity index (χ1n) is 3.94. The summed E-state index contributed by atoms with van der Waals surface area (Å²) in [4.78, 5) is 12.8. The van der Waals surface area contributed by atoms with Crippen LogP contribution in [0, 0.1) is 5.92 Å². The molecule has 1 atom stereocenters. The van der Waals surface area contributed by atoms with Gasteiger partial charge in [-0.15, -0.1) is 0 Å². The second-order valence-electron chi connectivity index (χ2n) is 3.34. The molecule has 0 aliphatic heterocycles. The number of carbonyl (C=O) groups is 1. The van der Waals surface area contributed by atoms with E-state index in [1.807, 2.05) is 14.0 Å². The van der Waals surface area contributed by atoms with Gasteiger partial charge in [-0.3, -0.25) is 4.79 Å². The van der Waals surface area contributed by atoms with Gasteiger partial charge in [-0.1, -0.05) is 6.92 Å². The summed E-state index contributed by atoms with van der Waals surface area (Å²) in [6, 6.07) is 0.469. The predicted molar refractivity (Wildman–Crippen MR) is 46.1 cm³/mol. The third-order valence-electron chi connectivity index (χ3n) is 1.93. The molecule has 0 aliphatic rings. The van der Waals surface area contributed by atoms with Crippen LogP contribution in [-0.4, -0.2) is 30.4 Å². The van der Waals surface area contributed by atoms with Gasteiger partial charge in [0.05, 0.1) is 0 Å². The highest BCUT2D eigenvalue weighted by Gasteiger charge is 2.12. The van der Waals surface area contributed by atoms with Crippen LogP contribution in [0.5, 0.6) is 0 Å². The van der Waals surface area contributed by atoms with Crippen LogP contribution in [0.1, 0.15) is 20.8 Å². The van der Waals surface area contributed by atoms with Crippen molar-refractivity contribution >= 4 is 5.91 Å². The van der Waals surface area contributed by atoms with E-state index in [2.05, 4.69) is 18.7 Å². The molecular weight excluding hydrogens is 140 g/mol. The van der Waals surface area contributed by atoms with Gasteiger partial charge < -0.3 is 10.6 Å². The molecule has 0 aromatic heterocycles. The normalized spacial score (nSPS) is 14.0. The predicted octanol–water partition coefficient (Wildman–Crippen LogP) is 0.448. The van der Waals surface area contributed by atoms with E-state index in [1.165, 1.54) is 0 Å². The van der Waals surface area contributed by atoms with Crippen LogP contribution in [0.3, 0.4) is 0 Å². The topological polar surface area (TPSA) is 46.3 Å². The van der Waals surface area contributed by atoms with E-state index in [-0.39, 0.29) is 11.8 Å². The molecule has 66 valence electrons. The van der Waals surface area contributed by atoms with Gasteiger partial charge in [0.1, 0.15) is 0 Å². The molecule has 3 nitrogen and oxygen atoms in total. The summed E-state index contributed by atoms with van der Waals surface area (Å²) in [5.74, 6) is -0.278. The first-order chi connectivity index (χ1) is 4.95. The molecule has 11 heavy (non-hydrogen) atoms. The molecule has 3 heteroatoms. The first kappa shape index (κ1) is 10.4. The molecule has 0 saturated heterocycles. The monoisotopic (exact) mass is 158 g/mol. The molecule has 0 bridgehead atoms. The number of amides is 1. The zero-order chi connectivity index (χ0) is 9.02. The van der Waals surface area contributed by atoms with E-state index in [4.69, 9.17) is 5.73 Å². The molecule has 0 heterocycles. The summed E-state index contributed by atoms with van der Waals surface area (Å²) in [7, 11) is 1.99. The molecular formula is C8H18N2O. The van der Waals surface area contributed by atoms with Crippen LogP contribution >= 0.6 is 0 Å². The average Bonchev–Trinajstić information content (AvgIpc) is 1.87. The molecule has 0 aromatic rings. The van der Waals surface area contributed by atoms with Crippen LogP contribution < -0.4 is 5.73 Å². The SMILES string of the molecule is CC(C)N(C)C[C@@H](C)C(N)=O. The Kier molecular flexibility index (Phi) is 4.11. The van der Waals surface area contributed by atoms with Crippen molar-refractivity contribution in [3.8, 4) is 0 Å². The molecule has 0 aliphatic carbocycles. The number of primary amides is 1. The van der Waals surface area contributed by atoms with Gasteiger partial charge in [0, 0.05) is 18.5 Å². The highest BCUT2D eigenvalue weighted by atomic mass is 16.1. The molecule has 0 rings (SSSR count). The quantitative estimate of drug-likeness (QED) is 0.645. The minimum absolute atomic E-state index is 0.0533. The van der Waals surface area contributed by atoms with Crippen molar-refractivity contribution < 1.29 is 4.79 Å². The van der Waals surface area contributed by atoms with Crippen molar-refractivity contribution in [2.24, 2.45) is 11.7 Å². The minimum Gasteiger partial charge on any atom is -0.369 e. The molecule has 0 fully saturated rings. The molecule has 1 amide bonds. The largest absolute Gasteiger partial charge is 0.369 e. The lowest BCUT2D eigenvalue weighted by Gasteiger charge is -2.23. The van der Waals surface area contributed by atoms with Crippen LogP contribution in [0.4, 0.5) is 0 Å². The van der Waals surface area contributed by atoms with Gasteiger partial charge >= 0.3 is 0 Å². The molecule has 0 spiro atoms. The lowest BCUT2D eigenvalue weighted by atomic mass is 10.1. The Bertz CT molecular complexity index is 134. The second-order valence-corrected chi connectivity index (χ2v) is 3.34. The Morgan fingerprint density at radius 1 is 1.45 bits per heavy atom. The first-order valence-corrected chi connectivity index (χ1v) is 3.94. The molecule has 0 radical (unpaired) electrons. The fourth-order valence-electron chi connectivity index (χ4n) is 0.733. The standard InChI is InChI=1S/C8H18N2O/c1-6(2)10(4)5-7(3)8(9)11/h6-7H,5H2,1-4H3,(H2,9,11)/t7-/m1/s1. The number of hydrogen-bond donors (Lipinski definition) is 1. The number of nitrogens with two attached hydrogens (primary N) is 1. The summed E-state index contributed by atoms with van der Waals surface area (Å²) in [5.41, 5.74) is 5.12. The number of hydrogen-bond acceptors (Lipinski definition) is 2. The van der Waals surface area contributed by atoms with E-state index in [0.29, 0.717) is 6.04 Å². The van der Waals surface area contributed by atoms with Crippen LogP contribution in [0.2, 0.25) is 0 Å². The third-order valence-corrected chi connectivity index (χ3v) is 1.93. The zero-order valence-corrected chi connectivity index (χ0v) is 7.79. The van der Waals surface area contributed by atoms with E-state index >= 15 is 0 Å². The summed E-state index contributed by atoms with van der Waals surface area (Å²) in [6.45, 7) is 6.77. The van der Waals surface area contributed by atoms with Gasteiger partial charge in [-0.05, 0) is 20.9 Å². The van der Waals surface area contributed by atoms with Crippen molar-refractivity contribution in [2.45, 2.75) is 26.8 Å². The average molecular weight is 158 g/mol. The van der Waals surface area contributed by atoms with E-state index in [1.54, 1.807) is 0 Å². The van der Waals surface area contributed by atoms with Crippen LogP contribution in [-0.2, 0) is 4.79 Å². The molecule has 0 unspecified atom stereocenters. The maximum atomic E-state index is 10.7. The van der Waals surface area contributed by atoms with Gasteiger partial charge in [0.15, 0.2) is 0 Å². The summed E-state index contributed by atoms with van der Waals surface area (Å²) < 4.78 is 0. The summed E-state index contributed by atoms with van der Waals surface area (Å²) in [5, 5.41) is 0. The van der Waals surface area contributed by atoms with Gasteiger partial charge in [-0.2, -0.15) is 0 Å². The Hall–Kier alpha value is -0.570. The third kappa shape index (κ3) is 3.98. The van der Waals surface area contributed by atoms with Crippen molar-refractivity contribution in [1.82, 2.24) is 4.90 Å². The maximum Gasteiger partial charge on any atom is 0.221 e. The Balaban J connectivity index is 3.75. The fraction of sp³-hybridized carbons (Fsp3) is 0.875. The fourth-order valence-corrected chi connectivity index (χ4v) is 0.733. The van der Waals surface area contributed by atoms with Crippen LogP contribution in [0.15, 0.2) is 0 Å². The van der Waals surface area contributed by atoms with Crippen molar-refractivity contribution in [2.75, 3.05) is 13.6 Å². The molecule has 0 saturated carbocycles. The van der Waals surface area contributed by atoms with Gasteiger partial charge in [0.25, 0.3) is 0 Å². The number of carbonyl (C=O) groups excluding carboxylic acids is 1. The Labute approximate surface area is 68.6 Å². The smallest absolute Gasteiger partial charge is 0.221 e. The Morgan fingerprint density at radius 2 is 1.91 bits per heavy atom. The number of rotatable bonds is 4. The molecule has 2 N–H and O–H groups in total. The lowest BCUT2D eigenvalue weighted by molar-refractivity contribution is -0.121. The van der Waals surface area contributed by atoms with Crippen molar-refractivity contribution in [1.29, 1.82) is 0 Å². The van der Waals surface area contributed by atoms with Crippen molar-refractivity contribution in [3.05, 3.63) is 0 Å².